The molecule has 1 unspecified atom stereocenters. The van der Waals surface area contributed by atoms with Crippen LogP contribution in [0.15, 0.2) is 0 Å². The van der Waals surface area contributed by atoms with Gasteiger partial charge in [0.05, 0.1) is 25.2 Å². The number of carbonyl (C=O) groups excluding carboxylic acids is 1. The molecule has 148 valence electrons. The second kappa shape index (κ2) is 9.91. The van der Waals surface area contributed by atoms with Gasteiger partial charge in [0.2, 0.25) is 0 Å². The summed E-state index contributed by atoms with van der Waals surface area (Å²) in [5, 5.41) is 0. The summed E-state index contributed by atoms with van der Waals surface area (Å²) in [6.45, 7) is 18.1. The van der Waals surface area contributed by atoms with Crippen LogP contribution in [0.1, 0.15) is 74.7 Å². The van der Waals surface area contributed by atoms with Gasteiger partial charge in [-0.1, -0.05) is 34.6 Å². The van der Waals surface area contributed by atoms with E-state index in [0.29, 0.717) is 30.3 Å². The second-order valence-electron chi connectivity index (χ2n) is 8.82. The monoisotopic (exact) mass is 356 g/mol. The Labute approximate surface area is 155 Å². The Kier molecular flexibility index (Phi) is 8.90. The SMILES string of the molecule is CCOC(=O)C(C)C[C@H](C)C[C@H](C)C[C@H](C)[C@H]1OC(C)(C)OC[C@@H]1C. The van der Waals surface area contributed by atoms with E-state index in [0.717, 1.165) is 25.9 Å². The molecule has 25 heavy (non-hydrogen) atoms. The molecule has 0 bridgehead atoms. The molecule has 0 saturated carbocycles. The van der Waals surface area contributed by atoms with Crippen LogP contribution in [0.2, 0.25) is 0 Å². The zero-order valence-electron chi connectivity index (χ0n) is 17.6. The lowest BCUT2D eigenvalue weighted by molar-refractivity contribution is -0.300. The van der Waals surface area contributed by atoms with Crippen molar-refractivity contribution in [1.29, 1.82) is 0 Å². The maximum Gasteiger partial charge on any atom is 0.308 e. The maximum atomic E-state index is 11.8. The molecule has 1 fully saturated rings. The van der Waals surface area contributed by atoms with Crippen LogP contribution in [0.25, 0.3) is 0 Å². The van der Waals surface area contributed by atoms with E-state index in [9.17, 15) is 4.79 Å². The zero-order valence-corrected chi connectivity index (χ0v) is 17.6. The van der Waals surface area contributed by atoms with Crippen LogP contribution in [0, 0.1) is 29.6 Å². The Balaban J connectivity index is 2.44. The van der Waals surface area contributed by atoms with E-state index in [1.54, 1.807) is 0 Å². The highest BCUT2D eigenvalue weighted by atomic mass is 16.7. The first kappa shape index (κ1) is 22.4. The van der Waals surface area contributed by atoms with Gasteiger partial charge in [-0.15, -0.1) is 0 Å². The van der Waals surface area contributed by atoms with Gasteiger partial charge < -0.3 is 14.2 Å². The molecule has 4 nitrogen and oxygen atoms in total. The van der Waals surface area contributed by atoms with Crippen molar-refractivity contribution in [2.75, 3.05) is 13.2 Å². The van der Waals surface area contributed by atoms with Gasteiger partial charge in [0.1, 0.15) is 0 Å². The van der Waals surface area contributed by atoms with Crippen LogP contribution in [-0.2, 0) is 19.0 Å². The molecule has 0 aromatic rings. The fraction of sp³-hybridized carbons (Fsp3) is 0.952. The molecule has 0 amide bonds. The van der Waals surface area contributed by atoms with E-state index < -0.39 is 5.79 Å². The molecule has 1 aliphatic rings. The van der Waals surface area contributed by atoms with Gasteiger partial charge in [-0.2, -0.15) is 0 Å². The number of rotatable bonds is 9. The number of ether oxygens (including phenoxy) is 3. The predicted molar refractivity (Wildman–Crippen MR) is 101 cm³/mol. The molecule has 1 heterocycles. The molecular weight excluding hydrogens is 316 g/mol. The highest BCUT2D eigenvalue weighted by Crippen LogP contribution is 2.34. The van der Waals surface area contributed by atoms with Gasteiger partial charge in [0, 0.05) is 5.92 Å². The molecular formula is C21H40O4. The molecule has 0 N–H and O–H groups in total. The highest BCUT2D eigenvalue weighted by Gasteiger charge is 2.37. The minimum Gasteiger partial charge on any atom is -0.466 e. The Morgan fingerprint density at radius 2 is 1.72 bits per heavy atom. The van der Waals surface area contributed by atoms with Gasteiger partial charge in [-0.3, -0.25) is 4.79 Å². The first-order valence-corrected chi connectivity index (χ1v) is 10.0. The van der Waals surface area contributed by atoms with Gasteiger partial charge in [-0.05, 0) is 57.8 Å². The number of hydrogen-bond donors (Lipinski definition) is 0. The van der Waals surface area contributed by atoms with Crippen LogP contribution in [0.4, 0.5) is 0 Å². The minimum absolute atomic E-state index is 0.0146. The normalized spacial score (nSPS) is 28.0. The van der Waals surface area contributed by atoms with E-state index in [-0.39, 0.29) is 18.0 Å². The van der Waals surface area contributed by atoms with E-state index >= 15 is 0 Å². The summed E-state index contributed by atoms with van der Waals surface area (Å²) in [5.41, 5.74) is 0. The van der Waals surface area contributed by atoms with Crippen molar-refractivity contribution in [3.05, 3.63) is 0 Å². The van der Waals surface area contributed by atoms with Crippen molar-refractivity contribution in [3.8, 4) is 0 Å². The second-order valence-corrected chi connectivity index (χ2v) is 8.82. The van der Waals surface area contributed by atoms with E-state index in [1.165, 1.54) is 0 Å². The van der Waals surface area contributed by atoms with Crippen molar-refractivity contribution in [3.63, 3.8) is 0 Å². The molecule has 0 aliphatic carbocycles. The first-order valence-electron chi connectivity index (χ1n) is 10.0. The Hall–Kier alpha value is -0.610. The Morgan fingerprint density at radius 1 is 1.12 bits per heavy atom. The third-order valence-electron chi connectivity index (χ3n) is 5.26. The Morgan fingerprint density at radius 3 is 2.32 bits per heavy atom. The Bertz CT molecular complexity index is 407. The van der Waals surface area contributed by atoms with Gasteiger partial charge in [0.15, 0.2) is 5.79 Å². The molecule has 6 atom stereocenters. The zero-order chi connectivity index (χ0) is 19.2. The smallest absolute Gasteiger partial charge is 0.308 e. The lowest BCUT2D eigenvalue weighted by Crippen LogP contribution is -2.47. The van der Waals surface area contributed by atoms with Crippen LogP contribution in [0.5, 0.6) is 0 Å². The molecule has 0 aromatic carbocycles. The third kappa shape index (κ3) is 7.65. The topological polar surface area (TPSA) is 44.8 Å². The fourth-order valence-electron chi connectivity index (χ4n) is 4.21. The van der Waals surface area contributed by atoms with Gasteiger partial charge in [-0.25, -0.2) is 0 Å². The molecule has 1 saturated heterocycles. The number of carbonyl (C=O) groups is 1. The summed E-state index contributed by atoms with van der Waals surface area (Å²) >= 11 is 0. The lowest BCUT2D eigenvalue weighted by Gasteiger charge is -2.43. The average Bonchev–Trinajstić information content (AvgIpc) is 2.49. The van der Waals surface area contributed by atoms with E-state index in [4.69, 9.17) is 14.2 Å². The first-order chi connectivity index (χ1) is 11.6. The third-order valence-corrected chi connectivity index (χ3v) is 5.26. The molecule has 0 radical (unpaired) electrons. The fourth-order valence-corrected chi connectivity index (χ4v) is 4.21. The van der Waals surface area contributed by atoms with Crippen molar-refractivity contribution in [2.24, 2.45) is 29.6 Å². The van der Waals surface area contributed by atoms with Crippen molar-refractivity contribution in [1.82, 2.24) is 0 Å². The summed E-state index contributed by atoms with van der Waals surface area (Å²) in [6, 6.07) is 0. The van der Waals surface area contributed by atoms with E-state index in [2.05, 4.69) is 27.7 Å². The van der Waals surface area contributed by atoms with Crippen LogP contribution < -0.4 is 0 Å². The largest absolute Gasteiger partial charge is 0.466 e. The molecule has 1 rings (SSSR count). The standard InChI is InChI=1S/C21H40O4/c1-9-23-20(22)17(5)12-15(3)10-14(2)11-16(4)19-18(6)13-24-21(7,8)25-19/h14-19H,9-13H2,1-8H3/t14-,15+,16-,17?,18-,19+/m0/s1. The molecule has 4 heteroatoms. The molecule has 0 aromatic heterocycles. The number of esters is 1. The van der Waals surface area contributed by atoms with E-state index in [1.807, 2.05) is 27.7 Å². The highest BCUT2D eigenvalue weighted by molar-refractivity contribution is 5.71. The van der Waals surface area contributed by atoms with Crippen molar-refractivity contribution >= 4 is 5.97 Å². The summed E-state index contributed by atoms with van der Waals surface area (Å²) in [4.78, 5) is 11.8. The summed E-state index contributed by atoms with van der Waals surface area (Å²) < 4.78 is 17.1. The predicted octanol–water partition coefficient (Wildman–Crippen LogP) is 5.05. The summed E-state index contributed by atoms with van der Waals surface area (Å²) in [7, 11) is 0. The minimum atomic E-state index is -0.475. The number of hydrogen-bond acceptors (Lipinski definition) is 4. The average molecular weight is 357 g/mol. The van der Waals surface area contributed by atoms with Crippen LogP contribution >= 0.6 is 0 Å². The molecule has 1 aliphatic heterocycles. The van der Waals surface area contributed by atoms with Crippen LogP contribution in [0.3, 0.4) is 0 Å². The van der Waals surface area contributed by atoms with Crippen LogP contribution in [-0.4, -0.2) is 31.1 Å². The van der Waals surface area contributed by atoms with Crippen molar-refractivity contribution < 1.29 is 19.0 Å². The van der Waals surface area contributed by atoms with Gasteiger partial charge >= 0.3 is 5.97 Å². The summed E-state index contributed by atoms with van der Waals surface area (Å²) in [6.07, 6.45) is 3.42. The van der Waals surface area contributed by atoms with Crippen molar-refractivity contribution in [2.45, 2.75) is 86.5 Å². The maximum absolute atomic E-state index is 11.8. The quantitative estimate of drug-likeness (QED) is 0.542. The summed E-state index contributed by atoms with van der Waals surface area (Å²) in [5.74, 6) is 1.50. The lowest BCUT2D eigenvalue weighted by atomic mass is 9.81. The van der Waals surface area contributed by atoms with Gasteiger partial charge in [0.25, 0.3) is 0 Å². The molecule has 0 spiro atoms.